The summed E-state index contributed by atoms with van der Waals surface area (Å²) in [4.78, 5) is 12.3. The monoisotopic (exact) mass is 395 g/mol. The topological polar surface area (TPSA) is 38.3 Å². The van der Waals surface area contributed by atoms with Crippen LogP contribution < -0.4 is 10.1 Å². The van der Waals surface area contributed by atoms with Gasteiger partial charge in [-0.15, -0.1) is 0 Å². The van der Waals surface area contributed by atoms with Crippen molar-refractivity contribution in [2.75, 3.05) is 11.9 Å². The Kier molecular flexibility index (Phi) is 5.22. The predicted octanol–water partition coefficient (Wildman–Crippen LogP) is 4.56. The Morgan fingerprint density at radius 2 is 1.81 bits per heavy atom. The number of halogens is 1. The van der Waals surface area contributed by atoms with Crippen molar-refractivity contribution in [3.05, 3.63) is 56.7 Å². The molecule has 3 nitrogen and oxygen atoms in total. The molecule has 21 heavy (non-hydrogen) atoms. The zero-order valence-electron chi connectivity index (χ0n) is 12.4. The van der Waals surface area contributed by atoms with E-state index in [1.54, 1.807) is 12.1 Å². The number of carbonyl (C=O) groups is 1. The molecule has 1 N–H and O–H groups in total. The van der Waals surface area contributed by atoms with Crippen LogP contribution in [0.25, 0.3) is 0 Å². The average Bonchev–Trinajstić information content (AvgIpc) is 2.46. The Labute approximate surface area is 138 Å². The molecule has 1 amide bonds. The van der Waals surface area contributed by atoms with E-state index in [0.717, 1.165) is 22.6 Å². The van der Waals surface area contributed by atoms with E-state index in [1.807, 2.05) is 39.0 Å². The van der Waals surface area contributed by atoms with Crippen molar-refractivity contribution < 1.29 is 9.53 Å². The van der Waals surface area contributed by atoms with Gasteiger partial charge in [-0.25, -0.2) is 0 Å². The van der Waals surface area contributed by atoms with E-state index in [9.17, 15) is 4.79 Å². The summed E-state index contributed by atoms with van der Waals surface area (Å²) in [6, 6.07) is 11.2. The van der Waals surface area contributed by atoms with Gasteiger partial charge in [-0.05, 0) is 90.9 Å². The Morgan fingerprint density at radius 1 is 1.14 bits per heavy atom. The number of hydrogen-bond acceptors (Lipinski definition) is 2. The van der Waals surface area contributed by atoms with Gasteiger partial charge >= 0.3 is 0 Å². The predicted molar refractivity (Wildman–Crippen MR) is 94.2 cm³/mol. The fourth-order valence-corrected chi connectivity index (χ4v) is 2.60. The third kappa shape index (κ3) is 3.97. The zero-order chi connectivity index (χ0) is 15.4. The highest BCUT2D eigenvalue weighted by atomic mass is 127. The highest BCUT2D eigenvalue weighted by Gasteiger charge is 2.09. The molecular formula is C17H18INO2. The number of carbonyl (C=O) groups excluding carboxylic acids is 1. The molecule has 2 aromatic carbocycles. The lowest BCUT2D eigenvalue weighted by atomic mass is 10.1. The molecule has 4 heteroatoms. The van der Waals surface area contributed by atoms with Crippen LogP contribution in [-0.2, 0) is 0 Å². The minimum atomic E-state index is -0.109. The number of benzene rings is 2. The summed E-state index contributed by atoms with van der Waals surface area (Å²) in [5.41, 5.74) is 3.69. The van der Waals surface area contributed by atoms with Gasteiger partial charge in [0.25, 0.3) is 5.91 Å². The summed E-state index contributed by atoms with van der Waals surface area (Å²) in [5.74, 6) is 0.664. The van der Waals surface area contributed by atoms with Crippen LogP contribution >= 0.6 is 22.6 Å². The van der Waals surface area contributed by atoms with E-state index in [-0.39, 0.29) is 5.91 Å². The molecule has 0 aliphatic carbocycles. The summed E-state index contributed by atoms with van der Waals surface area (Å²) in [5, 5.41) is 2.96. The van der Waals surface area contributed by atoms with E-state index < -0.39 is 0 Å². The molecule has 0 bridgehead atoms. The first-order chi connectivity index (χ1) is 10.0. The first-order valence-corrected chi connectivity index (χ1v) is 7.90. The van der Waals surface area contributed by atoms with Crippen LogP contribution in [0, 0.1) is 17.4 Å². The van der Waals surface area contributed by atoms with Gasteiger partial charge < -0.3 is 10.1 Å². The molecule has 0 spiro atoms. The lowest BCUT2D eigenvalue weighted by Gasteiger charge is -2.11. The van der Waals surface area contributed by atoms with Crippen molar-refractivity contribution in [3.63, 3.8) is 0 Å². The van der Waals surface area contributed by atoms with Crippen LogP contribution in [-0.4, -0.2) is 12.5 Å². The minimum absolute atomic E-state index is 0.109. The van der Waals surface area contributed by atoms with Crippen molar-refractivity contribution in [1.82, 2.24) is 0 Å². The normalized spacial score (nSPS) is 10.3. The van der Waals surface area contributed by atoms with Crippen molar-refractivity contribution in [3.8, 4) is 5.75 Å². The maximum absolute atomic E-state index is 12.3. The second kappa shape index (κ2) is 6.93. The quantitative estimate of drug-likeness (QED) is 0.771. The molecule has 0 aliphatic heterocycles. The standard InChI is InChI=1S/C17H18INO2/c1-4-21-14-7-5-13(6-8-14)17(20)19-16-10-11(2)15(18)9-12(16)3/h5-10H,4H2,1-3H3,(H,19,20). The van der Waals surface area contributed by atoms with Crippen LogP contribution in [0.2, 0.25) is 0 Å². The molecular weight excluding hydrogens is 377 g/mol. The van der Waals surface area contributed by atoms with Gasteiger partial charge in [-0.1, -0.05) is 0 Å². The molecule has 110 valence electrons. The Morgan fingerprint density at radius 3 is 2.43 bits per heavy atom. The third-order valence-corrected chi connectivity index (χ3v) is 4.34. The van der Waals surface area contributed by atoms with E-state index in [0.29, 0.717) is 12.2 Å². The first-order valence-electron chi connectivity index (χ1n) is 6.82. The number of aryl methyl sites for hydroxylation is 2. The molecule has 0 fully saturated rings. The Hall–Kier alpha value is -1.56. The van der Waals surface area contributed by atoms with Crippen LogP contribution in [0.4, 0.5) is 5.69 Å². The maximum Gasteiger partial charge on any atom is 0.255 e. The summed E-state index contributed by atoms with van der Waals surface area (Å²) < 4.78 is 6.57. The molecule has 2 aromatic rings. The third-order valence-electron chi connectivity index (χ3n) is 3.18. The summed E-state index contributed by atoms with van der Waals surface area (Å²) >= 11 is 2.30. The smallest absolute Gasteiger partial charge is 0.255 e. The largest absolute Gasteiger partial charge is 0.494 e. The number of amides is 1. The molecule has 0 heterocycles. The molecule has 0 aromatic heterocycles. The van der Waals surface area contributed by atoms with Gasteiger partial charge in [0.15, 0.2) is 0 Å². The lowest BCUT2D eigenvalue weighted by molar-refractivity contribution is 0.102. The number of ether oxygens (including phenoxy) is 1. The number of rotatable bonds is 4. The van der Waals surface area contributed by atoms with Gasteiger partial charge in [-0.2, -0.15) is 0 Å². The number of hydrogen-bond donors (Lipinski definition) is 1. The van der Waals surface area contributed by atoms with E-state index in [2.05, 4.69) is 34.0 Å². The number of nitrogens with one attached hydrogen (secondary N) is 1. The van der Waals surface area contributed by atoms with Crippen molar-refractivity contribution >= 4 is 34.2 Å². The number of anilines is 1. The highest BCUT2D eigenvalue weighted by molar-refractivity contribution is 14.1. The summed E-state index contributed by atoms with van der Waals surface area (Å²) in [6.07, 6.45) is 0. The lowest BCUT2D eigenvalue weighted by Crippen LogP contribution is -2.13. The van der Waals surface area contributed by atoms with Crippen molar-refractivity contribution in [2.45, 2.75) is 20.8 Å². The fourth-order valence-electron chi connectivity index (χ4n) is 1.98. The van der Waals surface area contributed by atoms with Crippen molar-refractivity contribution in [1.29, 1.82) is 0 Å². The van der Waals surface area contributed by atoms with Crippen LogP contribution in [0.3, 0.4) is 0 Å². The Balaban J connectivity index is 2.16. The first kappa shape index (κ1) is 15.8. The van der Waals surface area contributed by atoms with Crippen LogP contribution in [0.15, 0.2) is 36.4 Å². The van der Waals surface area contributed by atoms with Crippen LogP contribution in [0.5, 0.6) is 5.75 Å². The summed E-state index contributed by atoms with van der Waals surface area (Å²) in [7, 11) is 0. The Bertz CT molecular complexity index is 651. The summed E-state index contributed by atoms with van der Waals surface area (Å²) in [6.45, 7) is 6.58. The average molecular weight is 395 g/mol. The highest BCUT2D eigenvalue weighted by Crippen LogP contribution is 2.22. The molecule has 0 saturated carbocycles. The van der Waals surface area contributed by atoms with Crippen LogP contribution in [0.1, 0.15) is 28.4 Å². The molecule has 0 unspecified atom stereocenters. The van der Waals surface area contributed by atoms with Gasteiger partial charge in [0.2, 0.25) is 0 Å². The fraction of sp³-hybridized carbons (Fsp3) is 0.235. The van der Waals surface area contributed by atoms with Gasteiger partial charge in [0.1, 0.15) is 5.75 Å². The van der Waals surface area contributed by atoms with E-state index >= 15 is 0 Å². The van der Waals surface area contributed by atoms with Gasteiger partial charge in [0, 0.05) is 14.8 Å². The molecule has 0 radical (unpaired) electrons. The molecule has 0 atom stereocenters. The SMILES string of the molecule is CCOc1ccc(C(=O)Nc2cc(C)c(I)cc2C)cc1. The van der Waals surface area contributed by atoms with E-state index in [4.69, 9.17) is 4.74 Å². The second-order valence-electron chi connectivity index (χ2n) is 4.83. The molecule has 0 aliphatic rings. The van der Waals surface area contributed by atoms with Crippen molar-refractivity contribution in [2.24, 2.45) is 0 Å². The second-order valence-corrected chi connectivity index (χ2v) is 5.99. The molecule has 0 saturated heterocycles. The molecule has 2 rings (SSSR count). The zero-order valence-corrected chi connectivity index (χ0v) is 14.5. The maximum atomic E-state index is 12.3. The van der Waals surface area contributed by atoms with E-state index in [1.165, 1.54) is 3.57 Å². The van der Waals surface area contributed by atoms with Gasteiger partial charge in [-0.3, -0.25) is 4.79 Å². The minimum Gasteiger partial charge on any atom is -0.494 e. The van der Waals surface area contributed by atoms with Gasteiger partial charge in [0.05, 0.1) is 6.61 Å².